The Morgan fingerprint density at radius 2 is 2.16 bits per heavy atom. The molecule has 2 atom stereocenters. The zero-order valence-corrected chi connectivity index (χ0v) is 19.0. The van der Waals surface area contributed by atoms with Gasteiger partial charge in [0.05, 0.1) is 30.6 Å². The Kier molecular flexibility index (Phi) is 6.08. The highest BCUT2D eigenvalue weighted by Crippen LogP contribution is 2.43. The number of nitrogens with one attached hydrogen (secondary N) is 1. The smallest absolute Gasteiger partial charge is 0.224 e. The minimum atomic E-state index is -0.841. The predicted octanol–water partition coefficient (Wildman–Crippen LogP) is 3.00. The third kappa shape index (κ3) is 4.77. The topological polar surface area (TPSA) is 79.6 Å². The van der Waals surface area contributed by atoms with Crippen LogP contribution < -0.4 is 15.0 Å². The van der Waals surface area contributed by atoms with Crippen LogP contribution in [0.25, 0.3) is 11.1 Å². The molecule has 0 saturated carbocycles. The molecule has 168 valence electrons. The number of carbonyl (C=O) groups is 1. The number of carbonyl (C=O) groups excluding carboxylic acids is 1. The Bertz CT molecular complexity index is 941. The summed E-state index contributed by atoms with van der Waals surface area (Å²) in [7, 11) is 0. The van der Waals surface area contributed by atoms with E-state index in [4.69, 9.17) is 4.74 Å². The largest absolute Gasteiger partial charge is 0.492 e. The molecule has 0 unspecified atom stereocenters. The first-order chi connectivity index (χ1) is 14.7. The maximum atomic E-state index is 12.4. The molecule has 0 bridgehead atoms. The third-order valence-electron chi connectivity index (χ3n) is 6.21. The lowest BCUT2D eigenvalue weighted by Crippen LogP contribution is -2.40. The maximum Gasteiger partial charge on any atom is 0.224 e. The van der Waals surface area contributed by atoms with Crippen molar-refractivity contribution in [1.29, 1.82) is 0 Å². The van der Waals surface area contributed by atoms with Crippen LogP contribution in [0, 0.1) is 5.92 Å². The van der Waals surface area contributed by atoms with E-state index in [9.17, 15) is 9.90 Å². The lowest BCUT2D eigenvalue weighted by molar-refractivity contribution is -0.117. The molecule has 1 saturated heterocycles. The first kappa shape index (κ1) is 21.8. The predicted molar refractivity (Wildman–Crippen MR) is 121 cm³/mol. The first-order valence-corrected chi connectivity index (χ1v) is 11.3. The molecule has 7 heteroatoms. The molecule has 0 radical (unpaired) electrons. The zero-order valence-electron chi connectivity index (χ0n) is 19.0. The Hall–Kier alpha value is -2.38. The molecule has 1 fully saturated rings. The standard InChI is InChI=1S/C24H34N4O3/c1-16-5-6-21-22(28(16)17(2)29)8-7-20(23(21)31-14-18-9-10-25-11-18)19-12-26-27(13-19)15-24(3,4)30/h7-8,12-13,16,18,25,30H,5-6,9-11,14-15H2,1-4H3/t16-,18-/m0/s1. The number of amides is 1. The van der Waals surface area contributed by atoms with Crippen LogP contribution in [0.1, 0.15) is 46.1 Å². The highest BCUT2D eigenvalue weighted by molar-refractivity contribution is 5.95. The first-order valence-electron chi connectivity index (χ1n) is 11.3. The highest BCUT2D eigenvalue weighted by Gasteiger charge is 2.30. The van der Waals surface area contributed by atoms with Crippen LogP contribution in [0.2, 0.25) is 0 Å². The fourth-order valence-electron chi connectivity index (χ4n) is 4.72. The van der Waals surface area contributed by atoms with Crippen LogP contribution in [0.3, 0.4) is 0 Å². The summed E-state index contributed by atoms with van der Waals surface area (Å²) in [4.78, 5) is 14.3. The Morgan fingerprint density at radius 1 is 1.35 bits per heavy atom. The lowest BCUT2D eigenvalue weighted by Gasteiger charge is -2.36. The maximum absolute atomic E-state index is 12.4. The second-order valence-electron chi connectivity index (χ2n) is 9.63. The molecule has 4 rings (SSSR count). The molecule has 0 aliphatic carbocycles. The normalized spacial score (nSPS) is 21.3. The third-order valence-corrected chi connectivity index (χ3v) is 6.21. The van der Waals surface area contributed by atoms with E-state index in [-0.39, 0.29) is 11.9 Å². The second-order valence-corrected chi connectivity index (χ2v) is 9.63. The summed E-state index contributed by atoms with van der Waals surface area (Å²) >= 11 is 0. The van der Waals surface area contributed by atoms with Crippen molar-refractivity contribution in [2.45, 2.75) is 65.1 Å². The SMILES string of the molecule is CC(=O)N1c2ccc(-c3cnn(CC(C)(C)O)c3)c(OC[C@H]3CCNC3)c2CC[C@@H]1C. The fourth-order valence-corrected chi connectivity index (χ4v) is 4.72. The van der Waals surface area contributed by atoms with Crippen LogP contribution in [0.5, 0.6) is 5.75 Å². The van der Waals surface area contributed by atoms with E-state index in [0.29, 0.717) is 19.1 Å². The number of nitrogens with zero attached hydrogens (tertiary/aromatic N) is 3. The van der Waals surface area contributed by atoms with E-state index in [1.165, 1.54) is 0 Å². The minimum absolute atomic E-state index is 0.0603. The van der Waals surface area contributed by atoms with Crippen LogP contribution in [0.4, 0.5) is 5.69 Å². The Balaban J connectivity index is 1.73. The van der Waals surface area contributed by atoms with E-state index >= 15 is 0 Å². The number of hydrogen-bond acceptors (Lipinski definition) is 5. The van der Waals surface area contributed by atoms with Gasteiger partial charge in [-0.3, -0.25) is 9.48 Å². The van der Waals surface area contributed by atoms with Crippen LogP contribution in [-0.2, 0) is 17.8 Å². The molecular weight excluding hydrogens is 392 g/mol. The van der Waals surface area contributed by atoms with Crippen molar-refractivity contribution in [1.82, 2.24) is 15.1 Å². The number of benzene rings is 1. The van der Waals surface area contributed by atoms with E-state index in [2.05, 4.69) is 17.3 Å². The molecule has 2 aliphatic heterocycles. The minimum Gasteiger partial charge on any atom is -0.492 e. The van der Waals surface area contributed by atoms with Gasteiger partial charge in [0.15, 0.2) is 0 Å². The average molecular weight is 427 g/mol. The summed E-state index contributed by atoms with van der Waals surface area (Å²) in [6.07, 6.45) is 6.69. The van der Waals surface area contributed by atoms with Gasteiger partial charge >= 0.3 is 0 Å². The number of aromatic nitrogens is 2. The van der Waals surface area contributed by atoms with Gasteiger partial charge in [-0.2, -0.15) is 5.10 Å². The molecule has 31 heavy (non-hydrogen) atoms. The van der Waals surface area contributed by atoms with E-state index in [0.717, 1.165) is 60.5 Å². The van der Waals surface area contributed by atoms with Crippen molar-refractivity contribution in [3.05, 3.63) is 30.1 Å². The molecule has 2 aliphatic rings. The van der Waals surface area contributed by atoms with Crippen LogP contribution in [-0.4, -0.2) is 52.1 Å². The van der Waals surface area contributed by atoms with Gasteiger partial charge in [0.1, 0.15) is 5.75 Å². The van der Waals surface area contributed by atoms with Crippen molar-refractivity contribution in [2.75, 3.05) is 24.6 Å². The van der Waals surface area contributed by atoms with Crippen LogP contribution >= 0.6 is 0 Å². The van der Waals surface area contributed by atoms with Gasteiger partial charge in [-0.15, -0.1) is 0 Å². The summed E-state index contributed by atoms with van der Waals surface area (Å²) in [6, 6.07) is 4.26. The average Bonchev–Trinajstić information content (AvgIpc) is 3.36. The van der Waals surface area contributed by atoms with Gasteiger partial charge < -0.3 is 20.1 Å². The van der Waals surface area contributed by atoms with Gasteiger partial charge in [0, 0.05) is 48.3 Å². The van der Waals surface area contributed by atoms with Gasteiger partial charge in [0.2, 0.25) is 5.91 Å². The van der Waals surface area contributed by atoms with Gasteiger partial charge in [-0.1, -0.05) is 0 Å². The molecule has 1 amide bonds. The number of rotatable bonds is 6. The Morgan fingerprint density at radius 3 is 2.84 bits per heavy atom. The van der Waals surface area contributed by atoms with Crippen molar-refractivity contribution in [3.63, 3.8) is 0 Å². The number of ether oxygens (including phenoxy) is 1. The molecule has 7 nitrogen and oxygen atoms in total. The highest BCUT2D eigenvalue weighted by atomic mass is 16.5. The number of fused-ring (bicyclic) bond motifs is 1. The van der Waals surface area contributed by atoms with Crippen molar-refractivity contribution >= 4 is 11.6 Å². The molecule has 1 aromatic heterocycles. The molecule has 2 N–H and O–H groups in total. The molecule has 2 aromatic rings. The van der Waals surface area contributed by atoms with Crippen molar-refractivity contribution in [3.8, 4) is 16.9 Å². The quantitative estimate of drug-likeness (QED) is 0.742. The van der Waals surface area contributed by atoms with Crippen molar-refractivity contribution < 1.29 is 14.6 Å². The van der Waals surface area contributed by atoms with Gasteiger partial charge in [-0.05, 0) is 58.7 Å². The monoisotopic (exact) mass is 426 g/mol. The summed E-state index contributed by atoms with van der Waals surface area (Å²) in [6.45, 7) is 10.4. The number of anilines is 1. The van der Waals surface area contributed by atoms with Gasteiger partial charge in [0.25, 0.3) is 0 Å². The summed E-state index contributed by atoms with van der Waals surface area (Å²) in [5, 5.41) is 18.0. The lowest BCUT2D eigenvalue weighted by atomic mass is 9.92. The molecular formula is C24H34N4O3. The van der Waals surface area contributed by atoms with E-state index < -0.39 is 5.60 Å². The zero-order chi connectivity index (χ0) is 22.2. The van der Waals surface area contributed by atoms with Crippen LogP contribution in [0.15, 0.2) is 24.5 Å². The van der Waals surface area contributed by atoms with Gasteiger partial charge in [-0.25, -0.2) is 0 Å². The van der Waals surface area contributed by atoms with E-state index in [1.54, 1.807) is 25.5 Å². The summed E-state index contributed by atoms with van der Waals surface area (Å²) in [5.41, 5.74) is 3.17. The van der Waals surface area contributed by atoms with Crippen molar-refractivity contribution in [2.24, 2.45) is 5.92 Å². The summed E-state index contributed by atoms with van der Waals surface area (Å²) in [5.74, 6) is 1.42. The second kappa shape index (κ2) is 8.63. The molecule has 1 aromatic carbocycles. The number of hydrogen-bond donors (Lipinski definition) is 2. The summed E-state index contributed by atoms with van der Waals surface area (Å²) < 4.78 is 8.25. The Labute approximate surface area is 184 Å². The number of aliphatic hydroxyl groups is 1. The molecule has 0 spiro atoms. The molecule has 3 heterocycles. The fraction of sp³-hybridized carbons (Fsp3) is 0.583. The van der Waals surface area contributed by atoms with E-state index in [1.807, 2.05) is 29.4 Å².